The Kier molecular flexibility index (Phi) is 4.04. The third-order valence-corrected chi connectivity index (χ3v) is 3.67. The van der Waals surface area contributed by atoms with Crippen molar-refractivity contribution in [2.45, 2.75) is 19.3 Å². The number of aliphatic carboxylic acids is 1. The van der Waals surface area contributed by atoms with Gasteiger partial charge in [-0.3, -0.25) is 9.59 Å². The van der Waals surface area contributed by atoms with Crippen molar-refractivity contribution in [2.75, 3.05) is 5.32 Å². The molecule has 1 saturated carbocycles. The highest BCUT2D eigenvalue weighted by atomic mass is 35.5. The topological polar surface area (TPSA) is 66.4 Å². The average Bonchev–Trinajstić information content (AvgIpc) is 2.84. The lowest BCUT2D eigenvalue weighted by Gasteiger charge is -2.16. The van der Waals surface area contributed by atoms with Crippen molar-refractivity contribution in [3.8, 4) is 0 Å². The van der Waals surface area contributed by atoms with Gasteiger partial charge in [-0.05, 0) is 25.0 Å². The summed E-state index contributed by atoms with van der Waals surface area (Å²) in [7, 11) is 0. The maximum absolute atomic E-state index is 13.6. The molecule has 1 aromatic rings. The van der Waals surface area contributed by atoms with Crippen LogP contribution in [-0.2, 0) is 9.59 Å². The molecule has 1 aromatic carbocycles. The summed E-state index contributed by atoms with van der Waals surface area (Å²) >= 11 is 5.62. The highest BCUT2D eigenvalue weighted by molar-refractivity contribution is 6.31. The van der Waals surface area contributed by atoms with E-state index < -0.39 is 29.5 Å². The fraction of sp³-hybridized carbons (Fsp3) is 0.385. The maximum atomic E-state index is 13.6. The van der Waals surface area contributed by atoms with Gasteiger partial charge in [-0.15, -0.1) is 0 Å². The first-order valence-corrected chi connectivity index (χ1v) is 6.36. The fourth-order valence-corrected chi connectivity index (χ4v) is 2.57. The lowest BCUT2D eigenvalue weighted by molar-refractivity contribution is -0.145. The van der Waals surface area contributed by atoms with Gasteiger partial charge in [-0.1, -0.05) is 24.1 Å². The van der Waals surface area contributed by atoms with E-state index in [9.17, 15) is 14.0 Å². The van der Waals surface area contributed by atoms with Crippen LogP contribution in [-0.4, -0.2) is 17.0 Å². The molecule has 4 nitrogen and oxygen atoms in total. The summed E-state index contributed by atoms with van der Waals surface area (Å²) in [5.41, 5.74) is -0.0199. The number of halogens is 2. The van der Waals surface area contributed by atoms with Gasteiger partial charge >= 0.3 is 5.97 Å². The summed E-state index contributed by atoms with van der Waals surface area (Å²) in [6.07, 6.45) is 1.67. The van der Waals surface area contributed by atoms with Gasteiger partial charge in [0.1, 0.15) is 0 Å². The van der Waals surface area contributed by atoms with E-state index in [1.807, 2.05) is 0 Å². The number of anilines is 1. The molecule has 1 fully saturated rings. The molecule has 0 aromatic heterocycles. The van der Waals surface area contributed by atoms with E-state index in [1.54, 1.807) is 0 Å². The van der Waals surface area contributed by atoms with Crippen LogP contribution in [0.5, 0.6) is 0 Å². The van der Waals surface area contributed by atoms with Gasteiger partial charge in [0.25, 0.3) is 0 Å². The zero-order valence-corrected chi connectivity index (χ0v) is 10.8. The van der Waals surface area contributed by atoms with Crippen LogP contribution in [0.15, 0.2) is 18.2 Å². The third-order valence-electron chi connectivity index (χ3n) is 3.38. The predicted octanol–water partition coefficient (Wildman–Crippen LogP) is 2.92. The zero-order chi connectivity index (χ0) is 14.0. The molecule has 0 aliphatic heterocycles. The molecule has 1 aliphatic carbocycles. The predicted molar refractivity (Wildman–Crippen MR) is 68.5 cm³/mol. The maximum Gasteiger partial charge on any atom is 0.307 e. The molecular weight excluding hydrogens is 273 g/mol. The highest BCUT2D eigenvalue weighted by Crippen LogP contribution is 2.33. The minimum absolute atomic E-state index is 0.0199. The first-order chi connectivity index (χ1) is 9.00. The number of carboxylic acid groups (broad SMARTS) is 1. The Morgan fingerprint density at radius 1 is 1.32 bits per heavy atom. The summed E-state index contributed by atoms with van der Waals surface area (Å²) < 4.78 is 13.6. The van der Waals surface area contributed by atoms with Gasteiger partial charge in [-0.2, -0.15) is 0 Å². The number of carbonyl (C=O) groups excluding carboxylic acids is 1. The van der Waals surface area contributed by atoms with Crippen LogP contribution < -0.4 is 5.32 Å². The van der Waals surface area contributed by atoms with Crippen molar-refractivity contribution in [3.63, 3.8) is 0 Å². The number of nitrogens with one attached hydrogen (secondary N) is 1. The second-order valence-corrected chi connectivity index (χ2v) is 4.98. The van der Waals surface area contributed by atoms with Crippen molar-refractivity contribution in [2.24, 2.45) is 11.8 Å². The van der Waals surface area contributed by atoms with E-state index in [4.69, 9.17) is 16.7 Å². The summed E-state index contributed by atoms with van der Waals surface area (Å²) in [6.45, 7) is 0. The van der Waals surface area contributed by atoms with E-state index in [0.29, 0.717) is 19.3 Å². The highest BCUT2D eigenvalue weighted by Gasteiger charge is 2.37. The Morgan fingerprint density at radius 2 is 2.00 bits per heavy atom. The van der Waals surface area contributed by atoms with E-state index in [0.717, 1.165) is 0 Å². The lowest BCUT2D eigenvalue weighted by Crippen LogP contribution is -2.30. The first-order valence-electron chi connectivity index (χ1n) is 5.98. The van der Waals surface area contributed by atoms with Crippen LogP contribution in [0, 0.1) is 17.7 Å². The summed E-state index contributed by atoms with van der Waals surface area (Å²) in [5.74, 6) is -3.46. The van der Waals surface area contributed by atoms with Crippen LogP contribution in [0.2, 0.25) is 5.02 Å². The number of amides is 1. The monoisotopic (exact) mass is 285 g/mol. The van der Waals surface area contributed by atoms with Crippen molar-refractivity contribution < 1.29 is 19.1 Å². The van der Waals surface area contributed by atoms with Gasteiger partial charge < -0.3 is 10.4 Å². The standard InChI is InChI=1S/C13H13ClFNO3/c14-9-5-2-6-10(11(9)15)16-12(17)7-3-1-4-8(7)13(18)19/h2,5-8H,1,3-4H2,(H,16,17)(H,18,19)/t7-,8+/m1/s1. The van der Waals surface area contributed by atoms with Crippen LogP contribution in [0.4, 0.5) is 10.1 Å². The minimum atomic E-state index is -0.982. The second kappa shape index (κ2) is 5.57. The number of hydrogen-bond donors (Lipinski definition) is 2. The largest absolute Gasteiger partial charge is 0.481 e. The molecule has 0 unspecified atom stereocenters. The van der Waals surface area contributed by atoms with Crippen molar-refractivity contribution in [1.82, 2.24) is 0 Å². The Balaban J connectivity index is 2.13. The van der Waals surface area contributed by atoms with Gasteiger partial charge in [-0.25, -0.2) is 4.39 Å². The van der Waals surface area contributed by atoms with E-state index >= 15 is 0 Å². The molecule has 102 valence electrons. The van der Waals surface area contributed by atoms with Gasteiger partial charge in [0.05, 0.1) is 22.5 Å². The third kappa shape index (κ3) is 2.87. The molecule has 0 saturated heterocycles. The number of benzene rings is 1. The van der Waals surface area contributed by atoms with Gasteiger partial charge in [0, 0.05) is 0 Å². The molecule has 2 rings (SSSR count). The minimum Gasteiger partial charge on any atom is -0.481 e. The molecular formula is C13H13ClFNO3. The molecule has 6 heteroatoms. The average molecular weight is 286 g/mol. The van der Waals surface area contributed by atoms with Crippen molar-refractivity contribution >= 4 is 29.2 Å². The van der Waals surface area contributed by atoms with Gasteiger partial charge in [0.2, 0.25) is 5.91 Å². The number of rotatable bonds is 3. The molecule has 1 aliphatic rings. The molecule has 0 heterocycles. The van der Waals surface area contributed by atoms with E-state index in [2.05, 4.69) is 5.32 Å². The Bertz CT molecular complexity index is 521. The van der Waals surface area contributed by atoms with E-state index in [1.165, 1.54) is 18.2 Å². The molecule has 0 radical (unpaired) electrons. The Hall–Kier alpha value is -1.62. The number of carbonyl (C=O) groups is 2. The van der Waals surface area contributed by atoms with Crippen molar-refractivity contribution in [3.05, 3.63) is 29.0 Å². The quantitative estimate of drug-likeness (QED) is 0.897. The zero-order valence-electron chi connectivity index (χ0n) is 10.0. The van der Waals surface area contributed by atoms with Crippen LogP contribution in [0.3, 0.4) is 0 Å². The van der Waals surface area contributed by atoms with Gasteiger partial charge in [0.15, 0.2) is 5.82 Å². The van der Waals surface area contributed by atoms with Crippen LogP contribution >= 0.6 is 11.6 Å². The van der Waals surface area contributed by atoms with Crippen molar-refractivity contribution in [1.29, 1.82) is 0 Å². The Morgan fingerprint density at radius 3 is 2.68 bits per heavy atom. The molecule has 2 N–H and O–H groups in total. The smallest absolute Gasteiger partial charge is 0.307 e. The van der Waals surface area contributed by atoms with Crippen LogP contribution in [0.25, 0.3) is 0 Å². The number of carboxylic acids is 1. The Labute approximate surface area is 114 Å². The summed E-state index contributed by atoms with van der Waals surface area (Å²) in [5, 5.41) is 11.4. The molecule has 2 atom stereocenters. The second-order valence-electron chi connectivity index (χ2n) is 4.57. The fourth-order valence-electron chi connectivity index (χ4n) is 2.40. The van der Waals surface area contributed by atoms with Crippen LogP contribution in [0.1, 0.15) is 19.3 Å². The number of hydrogen-bond acceptors (Lipinski definition) is 2. The summed E-state index contributed by atoms with van der Waals surface area (Å²) in [4.78, 5) is 23.0. The molecule has 0 bridgehead atoms. The normalized spacial score (nSPS) is 22.2. The molecule has 0 spiro atoms. The summed E-state index contributed by atoms with van der Waals surface area (Å²) in [6, 6.07) is 4.29. The SMILES string of the molecule is O=C(O)[C@H]1CCC[C@H]1C(=O)Nc1cccc(Cl)c1F. The lowest BCUT2D eigenvalue weighted by atomic mass is 9.95. The van der Waals surface area contributed by atoms with E-state index in [-0.39, 0.29) is 10.7 Å². The first kappa shape index (κ1) is 13.8. The molecule has 19 heavy (non-hydrogen) atoms. The molecule has 1 amide bonds.